The van der Waals surface area contributed by atoms with Gasteiger partial charge in [0.05, 0.1) is 12.9 Å². The number of benzene rings is 2. The molecule has 0 aliphatic carbocycles. The molecule has 0 radical (unpaired) electrons. The van der Waals surface area contributed by atoms with Crippen LogP contribution in [0.4, 0.5) is 0 Å². The summed E-state index contributed by atoms with van der Waals surface area (Å²) in [5.74, 6) is -2.25. The van der Waals surface area contributed by atoms with Gasteiger partial charge >= 0.3 is 7.60 Å². The van der Waals surface area contributed by atoms with Gasteiger partial charge in [-0.15, -0.1) is 0 Å². The molecule has 200 valence electrons. The minimum absolute atomic E-state index is 0.0405. The molecule has 4 N–H and O–H groups in total. The third-order valence-corrected chi connectivity index (χ3v) is 7.72. The van der Waals surface area contributed by atoms with Crippen molar-refractivity contribution in [1.82, 2.24) is 15.6 Å². The van der Waals surface area contributed by atoms with Crippen molar-refractivity contribution in [2.75, 3.05) is 0 Å². The van der Waals surface area contributed by atoms with Gasteiger partial charge in [0, 0.05) is 23.5 Å². The number of carbonyl (C=O) groups excluding carboxylic acids is 2. The fourth-order valence-electron chi connectivity index (χ4n) is 4.19. The summed E-state index contributed by atoms with van der Waals surface area (Å²) in [5.41, 5.74) is 2.35. The van der Waals surface area contributed by atoms with Gasteiger partial charge in [0.25, 0.3) is 5.91 Å². The predicted molar refractivity (Wildman–Crippen MR) is 144 cm³/mol. The second kappa shape index (κ2) is 12.3. The van der Waals surface area contributed by atoms with Crippen LogP contribution < -0.4 is 10.6 Å². The van der Waals surface area contributed by atoms with Crippen molar-refractivity contribution >= 4 is 30.3 Å². The summed E-state index contributed by atoms with van der Waals surface area (Å²) in [7, 11) is -4.37. The fourth-order valence-corrected chi connectivity index (χ4v) is 5.42. The molecule has 0 saturated heterocycles. The van der Waals surface area contributed by atoms with Crippen molar-refractivity contribution < 1.29 is 28.0 Å². The molecular weight excluding hydrogens is 505 g/mol. The van der Waals surface area contributed by atoms with Crippen LogP contribution in [0, 0.1) is 5.92 Å². The number of furan rings is 1. The first-order valence-electron chi connectivity index (χ1n) is 12.4. The second-order valence-electron chi connectivity index (χ2n) is 9.54. The highest BCUT2D eigenvalue weighted by atomic mass is 31.2. The van der Waals surface area contributed by atoms with Crippen molar-refractivity contribution in [3.05, 3.63) is 96.1 Å². The summed E-state index contributed by atoms with van der Waals surface area (Å²) in [5, 5.41) is 6.28. The van der Waals surface area contributed by atoms with Crippen molar-refractivity contribution in [1.29, 1.82) is 0 Å². The molecule has 0 spiro atoms. The van der Waals surface area contributed by atoms with E-state index in [1.807, 2.05) is 56.3 Å². The van der Waals surface area contributed by atoms with E-state index in [1.165, 1.54) is 12.3 Å². The molecule has 2 heterocycles. The van der Waals surface area contributed by atoms with Crippen molar-refractivity contribution in [3.63, 3.8) is 0 Å². The van der Waals surface area contributed by atoms with Gasteiger partial charge in [0.2, 0.25) is 5.91 Å². The molecule has 4 rings (SSSR count). The van der Waals surface area contributed by atoms with Crippen LogP contribution in [0.15, 0.2) is 83.6 Å². The van der Waals surface area contributed by atoms with Crippen LogP contribution in [-0.4, -0.2) is 33.5 Å². The standard InChI is InChI=1S/C28H32N3O6P/c1-19(2)15-24(30-28(33)25-13-8-14-36-25)27(32)31-26(16-21-17-29-23-12-7-6-11-22(21)23)38(34,35)37-18-20-9-4-3-5-10-20/h3-14,17,19,24,26,29H,15-16,18H2,1-2H3,(H,30,33)(H,31,32)(H,34,35)/t24-,26+/m0/s1. The number of hydrogen-bond donors (Lipinski definition) is 4. The Kier molecular flexibility index (Phi) is 8.84. The van der Waals surface area contributed by atoms with Crippen LogP contribution in [-0.2, 0) is 26.9 Å². The van der Waals surface area contributed by atoms with E-state index in [9.17, 15) is 19.0 Å². The Labute approximate surface area is 221 Å². The number of fused-ring (bicyclic) bond motifs is 1. The first-order valence-corrected chi connectivity index (χ1v) is 14.1. The van der Waals surface area contributed by atoms with E-state index >= 15 is 0 Å². The van der Waals surface area contributed by atoms with Crippen LogP contribution in [0.5, 0.6) is 0 Å². The lowest BCUT2D eigenvalue weighted by Gasteiger charge is -2.27. The fraction of sp³-hybridized carbons (Fsp3) is 0.286. The number of hydrogen-bond acceptors (Lipinski definition) is 5. The Morgan fingerprint density at radius 3 is 2.47 bits per heavy atom. The van der Waals surface area contributed by atoms with Crippen LogP contribution in [0.25, 0.3) is 10.9 Å². The number of nitrogens with one attached hydrogen (secondary N) is 3. The average Bonchev–Trinajstić information content (AvgIpc) is 3.58. The molecule has 0 bridgehead atoms. The van der Waals surface area contributed by atoms with E-state index in [0.717, 1.165) is 22.0 Å². The van der Waals surface area contributed by atoms with Gasteiger partial charge in [-0.25, -0.2) is 0 Å². The van der Waals surface area contributed by atoms with E-state index in [1.54, 1.807) is 24.4 Å². The van der Waals surface area contributed by atoms with Crippen molar-refractivity contribution in [2.24, 2.45) is 5.92 Å². The second-order valence-corrected chi connectivity index (χ2v) is 11.6. The predicted octanol–water partition coefficient (Wildman–Crippen LogP) is 4.99. The lowest BCUT2D eigenvalue weighted by Crippen LogP contribution is -2.50. The molecule has 2 aromatic carbocycles. The molecule has 0 saturated carbocycles. The number of amides is 2. The van der Waals surface area contributed by atoms with Crippen molar-refractivity contribution in [2.45, 2.75) is 45.1 Å². The minimum atomic E-state index is -4.37. The van der Waals surface area contributed by atoms with E-state index in [-0.39, 0.29) is 24.7 Å². The largest absolute Gasteiger partial charge is 0.459 e. The molecule has 4 aromatic rings. The summed E-state index contributed by atoms with van der Waals surface area (Å²) in [6.07, 6.45) is 3.48. The lowest BCUT2D eigenvalue weighted by molar-refractivity contribution is -0.123. The zero-order valence-electron chi connectivity index (χ0n) is 21.3. The maximum Gasteiger partial charge on any atom is 0.350 e. The van der Waals surface area contributed by atoms with Crippen molar-refractivity contribution in [3.8, 4) is 0 Å². The van der Waals surface area contributed by atoms with E-state index < -0.39 is 31.2 Å². The van der Waals surface area contributed by atoms with Gasteiger partial charge in [0.15, 0.2) is 5.76 Å². The Balaban J connectivity index is 1.57. The molecule has 2 aromatic heterocycles. The SMILES string of the molecule is CC(C)C[C@H](NC(=O)c1ccco1)C(=O)N[C@@H](Cc1c[nH]c2ccccc12)P(=O)(O)OCc1ccccc1. The quantitative estimate of drug-likeness (QED) is 0.188. The molecule has 2 amide bonds. The molecule has 0 fully saturated rings. The summed E-state index contributed by atoms with van der Waals surface area (Å²) in [4.78, 5) is 40.3. The molecule has 0 aliphatic rings. The average molecular weight is 538 g/mol. The van der Waals surface area contributed by atoms with Gasteiger partial charge in [-0.2, -0.15) is 0 Å². The number of H-pyrrole nitrogens is 1. The molecule has 10 heteroatoms. The van der Waals surface area contributed by atoms with Gasteiger partial charge < -0.3 is 29.5 Å². The molecule has 3 atom stereocenters. The van der Waals surface area contributed by atoms with E-state index in [0.29, 0.717) is 6.42 Å². The topological polar surface area (TPSA) is 134 Å². The lowest BCUT2D eigenvalue weighted by atomic mass is 10.0. The summed E-state index contributed by atoms with van der Waals surface area (Å²) in [6, 6.07) is 18.7. The van der Waals surface area contributed by atoms with Crippen LogP contribution >= 0.6 is 7.60 Å². The Bertz CT molecular complexity index is 1400. The summed E-state index contributed by atoms with van der Waals surface area (Å²) < 4.78 is 24.2. The molecule has 0 aliphatic heterocycles. The number of carbonyl (C=O) groups is 2. The highest BCUT2D eigenvalue weighted by Gasteiger charge is 2.37. The van der Waals surface area contributed by atoms with Gasteiger partial charge in [0.1, 0.15) is 11.8 Å². The van der Waals surface area contributed by atoms with E-state index in [2.05, 4.69) is 15.6 Å². The maximum absolute atomic E-state index is 13.5. The number of aromatic nitrogens is 1. The van der Waals surface area contributed by atoms with Crippen LogP contribution in [0.3, 0.4) is 0 Å². The number of rotatable bonds is 12. The Hall–Kier alpha value is -3.65. The first-order chi connectivity index (χ1) is 18.2. The van der Waals surface area contributed by atoms with E-state index in [4.69, 9.17) is 8.94 Å². The van der Waals surface area contributed by atoms with Gasteiger partial charge in [-0.3, -0.25) is 14.2 Å². The third-order valence-electron chi connectivity index (χ3n) is 6.12. The molecule has 38 heavy (non-hydrogen) atoms. The van der Waals surface area contributed by atoms with Gasteiger partial charge in [-0.1, -0.05) is 62.4 Å². The molecule has 9 nitrogen and oxygen atoms in total. The molecular formula is C28H32N3O6P. The zero-order valence-corrected chi connectivity index (χ0v) is 22.2. The number of para-hydroxylation sites is 1. The Morgan fingerprint density at radius 1 is 1.03 bits per heavy atom. The number of aromatic amines is 1. The molecule has 1 unspecified atom stereocenters. The minimum Gasteiger partial charge on any atom is -0.459 e. The third kappa shape index (κ3) is 7.01. The monoisotopic (exact) mass is 537 g/mol. The Morgan fingerprint density at radius 2 is 1.76 bits per heavy atom. The highest BCUT2D eigenvalue weighted by Crippen LogP contribution is 2.48. The first kappa shape index (κ1) is 27.4. The summed E-state index contributed by atoms with van der Waals surface area (Å²) in [6.45, 7) is 3.74. The normalized spacial score (nSPS) is 14.6. The summed E-state index contributed by atoms with van der Waals surface area (Å²) >= 11 is 0. The van der Waals surface area contributed by atoms with Crippen LogP contribution in [0.2, 0.25) is 0 Å². The maximum atomic E-state index is 13.5. The highest BCUT2D eigenvalue weighted by molar-refractivity contribution is 7.53. The smallest absolute Gasteiger partial charge is 0.350 e. The van der Waals surface area contributed by atoms with Gasteiger partial charge in [-0.05, 0) is 41.7 Å². The van der Waals surface area contributed by atoms with Crippen LogP contribution in [0.1, 0.15) is 41.9 Å². The zero-order chi connectivity index (χ0) is 27.1.